The van der Waals surface area contributed by atoms with Gasteiger partial charge in [0.25, 0.3) is 0 Å². The van der Waals surface area contributed by atoms with Crippen LogP contribution in [0.3, 0.4) is 0 Å². The molecular formula is C40H36N2O4. The first-order chi connectivity index (χ1) is 22.5. The zero-order valence-corrected chi connectivity index (χ0v) is 25.3. The first-order valence-corrected chi connectivity index (χ1v) is 15.1. The molecule has 0 radical (unpaired) electrons. The van der Waals surface area contributed by atoms with E-state index in [2.05, 4.69) is 0 Å². The minimum atomic E-state index is -0.217. The number of anilines is 2. The van der Waals surface area contributed by atoms with Gasteiger partial charge in [0, 0.05) is 33.6 Å². The molecule has 0 fully saturated rings. The van der Waals surface area contributed by atoms with Gasteiger partial charge in [-0.1, -0.05) is 109 Å². The lowest BCUT2D eigenvalue weighted by Gasteiger charge is -2.29. The second-order valence-electron chi connectivity index (χ2n) is 11.2. The molecule has 0 aliphatic carbocycles. The Morgan fingerprint density at radius 2 is 0.652 bits per heavy atom. The molecule has 6 heteroatoms. The van der Waals surface area contributed by atoms with Crippen molar-refractivity contribution in [1.82, 2.24) is 0 Å². The fourth-order valence-electron chi connectivity index (χ4n) is 6.41. The zero-order chi connectivity index (χ0) is 32.2. The van der Waals surface area contributed by atoms with E-state index in [1.165, 1.54) is 0 Å². The Balaban J connectivity index is 1.98. The smallest absolute Gasteiger partial charge is 0.0687 e. The topological polar surface area (TPSA) is 133 Å². The van der Waals surface area contributed by atoms with E-state index in [0.717, 1.165) is 44.5 Å². The molecule has 0 unspecified atom stereocenters. The van der Waals surface area contributed by atoms with Crippen LogP contribution in [0.1, 0.15) is 22.3 Å². The second-order valence-corrected chi connectivity index (χ2v) is 11.2. The van der Waals surface area contributed by atoms with Gasteiger partial charge in [0.05, 0.1) is 26.4 Å². The van der Waals surface area contributed by atoms with Crippen LogP contribution < -0.4 is 11.5 Å². The van der Waals surface area contributed by atoms with Gasteiger partial charge in [-0.15, -0.1) is 0 Å². The standard InChI is InChI=1S/C40H36N2O4/c41-30-19-17-25(18-20-30)35-36(31-13-5-1-9-26(31)21-43)38(33-15-7-3-11-28(33)23-45)40(42)39(34-16-8-4-12-29(34)24-46)37(35)32-14-6-2-10-27(32)22-44/h1-20,43-46H,21-24,41-42H2. The van der Waals surface area contributed by atoms with Crippen molar-refractivity contribution in [2.45, 2.75) is 26.4 Å². The Kier molecular flexibility index (Phi) is 8.97. The molecule has 0 atom stereocenters. The van der Waals surface area contributed by atoms with Gasteiger partial charge in [-0.05, 0) is 67.8 Å². The van der Waals surface area contributed by atoms with Gasteiger partial charge >= 0.3 is 0 Å². The highest BCUT2D eigenvalue weighted by atomic mass is 16.3. The van der Waals surface area contributed by atoms with E-state index in [-0.39, 0.29) is 26.4 Å². The molecule has 6 aromatic carbocycles. The van der Waals surface area contributed by atoms with E-state index in [0.29, 0.717) is 44.8 Å². The molecule has 8 N–H and O–H groups in total. The molecular weight excluding hydrogens is 572 g/mol. The van der Waals surface area contributed by atoms with Crippen LogP contribution in [-0.2, 0) is 26.4 Å². The number of hydrogen-bond donors (Lipinski definition) is 6. The molecule has 230 valence electrons. The van der Waals surface area contributed by atoms with Crippen LogP contribution in [0.5, 0.6) is 0 Å². The maximum Gasteiger partial charge on any atom is 0.0687 e. The minimum absolute atomic E-state index is 0.212. The maximum absolute atomic E-state index is 10.6. The van der Waals surface area contributed by atoms with Crippen molar-refractivity contribution in [3.8, 4) is 55.6 Å². The molecule has 6 nitrogen and oxygen atoms in total. The highest BCUT2D eigenvalue weighted by Gasteiger charge is 2.30. The molecule has 0 aromatic heterocycles. The maximum atomic E-state index is 10.6. The molecule has 0 bridgehead atoms. The van der Waals surface area contributed by atoms with Crippen molar-refractivity contribution in [2.75, 3.05) is 11.5 Å². The lowest BCUT2D eigenvalue weighted by atomic mass is 9.75. The Morgan fingerprint density at radius 1 is 0.348 bits per heavy atom. The van der Waals surface area contributed by atoms with Gasteiger partial charge in [0.15, 0.2) is 0 Å². The number of aliphatic hydroxyl groups is 4. The third-order valence-corrected chi connectivity index (χ3v) is 8.57. The van der Waals surface area contributed by atoms with E-state index < -0.39 is 0 Å². The van der Waals surface area contributed by atoms with Crippen molar-refractivity contribution in [3.05, 3.63) is 144 Å². The van der Waals surface area contributed by atoms with Gasteiger partial charge in [-0.3, -0.25) is 0 Å². The molecule has 6 aromatic rings. The SMILES string of the molecule is Nc1ccc(-c2c(-c3ccccc3CO)c(-c3ccccc3CO)c(N)c(-c3ccccc3CO)c2-c2ccccc2CO)cc1. The van der Waals surface area contributed by atoms with E-state index in [9.17, 15) is 20.4 Å². The van der Waals surface area contributed by atoms with Crippen LogP contribution >= 0.6 is 0 Å². The summed E-state index contributed by atoms with van der Waals surface area (Å²) in [6, 6.07) is 38.1. The summed E-state index contributed by atoms with van der Waals surface area (Å²) >= 11 is 0. The highest BCUT2D eigenvalue weighted by molar-refractivity contribution is 6.14. The number of rotatable bonds is 9. The summed E-state index contributed by atoms with van der Waals surface area (Å²) in [7, 11) is 0. The van der Waals surface area contributed by atoms with E-state index >= 15 is 0 Å². The molecule has 46 heavy (non-hydrogen) atoms. The summed E-state index contributed by atoms with van der Waals surface area (Å²) in [5.41, 5.74) is 25.0. The van der Waals surface area contributed by atoms with Gasteiger partial charge in [0.1, 0.15) is 0 Å². The van der Waals surface area contributed by atoms with Gasteiger partial charge in [0.2, 0.25) is 0 Å². The van der Waals surface area contributed by atoms with Crippen LogP contribution in [0, 0.1) is 0 Å². The zero-order valence-electron chi connectivity index (χ0n) is 25.3. The van der Waals surface area contributed by atoms with Crippen LogP contribution in [0.15, 0.2) is 121 Å². The van der Waals surface area contributed by atoms with Crippen LogP contribution in [0.25, 0.3) is 55.6 Å². The van der Waals surface area contributed by atoms with Gasteiger partial charge in [-0.25, -0.2) is 0 Å². The summed E-state index contributed by atoms with van der Waals surface area (Å²) < 4.78 is 0. The van der Waals surface area contributed by atoms with Crippen molar-refractivity contribution in [2.24, 2.45) is 0 Å². The number of benzene rings is 6. The van der Waals surface area contributed by atoms with E-state index in [1.54, 1.807) is 0 Å². The third kappa shape index (κ3) is 5.44. The Hall–Kier alpha value is -5.24. The molecule has 0 aliphatic rings. The first-order valence-electron chi connectivity index (χ1n) is 15.1. The fraction of sp³-hybridized carbons (Fsp3) is 0.100. The van der Waals surface area contributed by atoms with Gasteiger partial charge < -0.3 is 31.9 Å². The molecule has 0 heterocycles. The summed E-state index contributed by atoms with van der Waals surface area (Å²) in [6.07, 6.45) is 0. The first kappa shape index (κ1) is 30.8. The predicted molar refractivity (Wildman–Crippen MR) is 186 cm³/mol. The Labute approximate surface area is 268 Å². The lowest BCUT2D eigenvalue weighted by molar-refractivity contribution is 0.282. The largest absolute Gasteiger partial charge is 0.399 e. The summed E-state index contributed by atoms with van der Waals surface area (Å²) in [4.78, 5) is 0. The number of nitrogens with two attached hydrogens (primary N) is 2. The van der Waals surface area contributed by atoms with Crippen LogP contribution in [0.4, 0.5) is 11.4 Å². The molecule has 0 spiro atoms. The Bertz CT molecular complexity index is 1900. The van der Waals surface area contributed by atoms with E-state index in [1.807, 2.05) is 121 Å². The number of aliphatic hydroxyl groups excluding tert-OH is 4. The van der Waals surface area contributed by atoms with Crippen LogP contribution in [0.2, 0.25) is 0 Å². The number of nitrogen functional groups attached to an aromatic ring is 2. The van der Waals surface area contributed by atoms with E-state index in [4.69, 9.17) is 11.5 Å². The summed E-state index contributed by atoms with van der Waals surface area (Å²) in [6.45, 7) is -0.858. The Morgan fingerprint density at radius 3 is 0.978 bits per heavy atom. The molecule has 0 saturated heterocycles. The van der Waals surface area contributed by atoms with Crippen molar-refractivity contribution in [1.29, 1.82) is 0 Å². The average molecular weight is 609 g/mol. The lowest BCUT2D eigenvalue weighted by Crippen LogP contribution is -2.07. The normalized spacial score (nSPS) is 11.1. The number of hydrogen-bond acceptors (Lipinski definition) is 6. The van der Waals surface area contributed by atoms with Crippen molar-refractivity contribution >= 4 is 11.4 Å². The molecule has 0 amide bonds. The second kappa shape index (κ2) is 13.4. The van der Waals surface area contributed by atoms with Gasteiger partial charge in [-0.2, -0.15) is 0 Å². The van der Waals surface area contributed by atoms with Crippen LogP contribution in [-0.4, -0.2) is 20.4 Å². The monoisotopic (exact) mass is 608 g/mol. The average Bonchev–Trinajstić information content (AvgIpc) is 3.11. The fourth-order valence-corrected chi connectivity index (χ4v) is 6.41. The quantitative estimate of drug-likeness (QED) is 0.0966. The highest BCUT2D eigenvalue weighted by Crippen LogP contribution is 2.55. The summed E-state index contributed by atoms with van der Waals surface area (Å²) in [5.74, 6) is 0. The molecule has 0 saturated carbocycles. The van der Waals surface area contributed by atoms with Crippen molar-refractivity contribution < 1.29 is 20.4 Å². The van der Waals surface area contributed by atoms with Crippen molar-refractivity contribution in [3.63, 3.8) is 0 Å². The molecule has 6 rings (SSSR count). The predicted octanol–water partition coefficient (Wildman–Crippen LogP) is 7.16. The molecule has 0 aliphatic heterocycles. The minimum Gasteiger partial charge on any atom is -0.399 e. The third-order valence-electron chi connectivity index (χ3n) is 8.57. The summed E-state index contributed by atoms with van der Waals surface area (Å²) in [5, 5.41) is 42.4.